The van der Waals surface area contributed by atoms with Gasteiger partial charge in [0, 0.05) is 12.1 Å². The first-order chi connectivity index (χ1) is 10.9. The maximum atomic E-state index is 12.5. The summed E-state index contributed by atoms with van der Waals surface area (Å²) >= 11 is 0.877. The Morgan fingerprint density at radius 3 is 2.26 bits per heavy atom. The summed E-state index contributed by atoms with van der Waals surface area (Å²) in [4.78, 5) is 10.0. The van der Waals surface area contributed by atoms with Crippen molar-refractivity contribution < 1.29 is 13.3 Å². The van der Waals surface area contributed by atoms with Crippen molar-refractivity contribution in [1.29, 1.82) is 5.26 Å². The fraction of sp³-hybridized carbons (Fsp3) is 0.133. The molecule has 0 aromatic heterocycles. The molecule has 118 valence electrons. The molecule has 0 amide bonds. The number of hydrogen-bond donors (Lipinski definition) is 0. The second kappa shape index (κ2) is 7.26. The molecule has 0 N–H and O–H groups in total. The summed E-state index contributed by atoms with van der Waals surface area (Å²) in [6.45, 7) is 0. The molecule has 0 radical (unpaired) electrons. The third-order valence-corrected chi connectivity index (χ3v) is 5.95. The van der Waals surface area contributed by atoms with Gasteiger partial charge < -0.3 is 0 Å². The molecule has 2 rings (SSSR count). The topological polar surface area (TPSA) is 101 Å². The zero-order valence-corrected chi connectivity index (χ0v) is 13.5. The van der Waals surface area contributed by atoms with E-state index in [9.17, 15) is 18.5 Å². The Hall–Kier alpha value is -2.37. The Morgan fingerprint density at radius 2 is 1.74 bits per heavy atom. The van der Waals surface area contributed by atoms with Crippen molar-refractivity contribution in [2.45, 2.75) is 10.1 Å². The minimum atomic E-state index is -3.67. The largest absolute Gasteiger partial charge is 0.269 e. The van der Waals surface area contributed by atoms with Crippen LogP contribution in [0.1, 0.15) is 10.8 Å². The predicted octanol–water partition coefficient (Wildman–Crippen LogP) is 3.32. The molecule has 0 saturated heterocycles. The Kier molecular flexibility index (Phi) is 5.36. The molecule has 6 nitrogen and oxygen atoms in total. The second-order valence-electron chi connectivity index (χ2n) is 4.64. The lowest BCUT2D eigenvalue weighted by atomic mass is 10.2. The van der Waals surface area contributed by atoms with E-state index < -0.39 is 20.0 Å². The van der Waals surface area contributed by atoms with Gasteiger partial charge in [-0.1, -0.05) is 30.3 Å². The van der Waals surface area contributed by atoms with Crippen LogP contribution in [0, 0.1) is 20.8 Å². The molecule has 23 heavy (non-hydrogen) atoms. The molecule has 0 fully saturated rings. The third kappa shape index (κ3) is 4.31. The Labute approximate surface area is 137 Å². The quantitative estimate of drug-likeness (QED) is 0.451. The van der Waals surface area contributed by atoms with Crippen LogP contribution in [0.2, 0.25) is 0 Å². The minimum absolute atomic E-state index is 0.00238. The highest BCUT2D eigenvalue weighted by atomic mass is 32.2. The molecule has 0 heterocycles. The van der Waals surface area contributed by atoms with Crippen LogP contribution in [-0.4, -0.2) is 19.1 Å². The minimum Gasteiger partial charge on any atom is -0.258 e. The summed E-state index contributed by atoms with van der Waals surface area (Å²) in [6.07, 6.45) is 0. The van der Waals surface area contributed by atoms with E-state index in [1.54, 1.807) is 24.3 Å². The van der Waals surface area contributed by atoms with Gasteiger partial charge in [-0.25, -0.2) is 8.42 Å². The normalized spacial score (nSPS) is 12.3. The molecule has 0 saturated carbocycles. The first-order valence-electron chi connectivity index (χ1n) is 6.51. The van der Waals surface area contributed by atoms with Crippen LogP contribution in [0.25, 0.3) is 0 Å². The zero-order chi connectivity index (χ0) is 16.9. The fourth-order valence-electron chi connectivity index (χ4n) is 2.00. The average Bonchev–Trinajstić information content (AvgIpc) is 2.55. The number of thiocyanates is 1. The maximum absolute atomic E-state index is 12.5. The van der Waals surface area contributed by atoms with Crippen molar-refractivity contribution in [3.05, 3.63) is 70.3 Å². The van der Waals surface area contributed by atoms with E-state index in [0.717, 1.165) is 29.5 Å². The Balaban J connectivity index is 2.28. The van der Waals surface area contributed by atoms with Gasteiger partial charge in [-0.15, -0.1) is 0 Å². The van der Waals surface area contributed by atoms with Crippen LogP contribution < -0.4 is 0 Å². The van der Waals surface area contributed by atoms with E-state index in [1.165, 1.54) is 12.1 Å². The van der Waals surface area contributed by atoms with E-state index >= 15 is 0 Å². The number of thioether (sulfide) groups is 1. The number of nitro groups is 1. The summed E-state index contributed by atoms with van der Waals surface area (Å²) in [5, 5.41) is 20.9. The molecule has 0 bridgehead atoms. The lowest BCUT2D eigenvalue weighted by molar-refractivity contribution is -0.384. The third-order valence-electron chi connectivity index (χ3n) is 3.14. The first kappa shape index (κ1) is 17.0. The highest BCUT2D eigenvalue weighted by Gasteiger charge is 2.24. The van der Waals surface area contributed by atoms with Gasteiger partial charge >= 0.3 is 0 Å². The SMILES string of the molecule is N#CS[C@H](CS(=O)(=O)c1ccc([N+](=O)[O-])cc1)c1ccccc1. The van der Waals surface area contributed by atoms with Gasteiger partial charge in [0.25, 0.3) is 5.69 Å². The number of benzene rings is 2. The molecule has 0 aliphatic heterocycles. The van der Waals surface area contributed by atoms with Crippen molar-refractivity contribution in [3.8, 4) is 5.40 Å². The molecular weight excluding hydrogens is 336 g/mol. The van der Waals surface area contributed by atoms with Gasteiger partial charge in [0.1, 0.15) is 5.40 Å². The van der Waals surface area contributed by atoms with Gasteiger partial charge in [-0.3, -0.25) is 10.1 Å². The molecular formula is C15H12N2O4S2. The van der Waals surface area contributed by atoms with Crippen LogP contribution in [0.3, 0.4) is 0 Å². The van der Waals surface area contributed by atoms with Crippen LogP contribution in [0.15, 0.2) is 59.5 Å². The van der Waals surface area contributed by atoms with Crippen LogP contribution >= 0.6 is 11.8 Å². The predicted molar refractivity (Wildman–Crippen MR) is 87.5 cm³/mol. The van der Waals surface area contributed by atoms with Gasteiger partial charge in [0.15, 0.2) is 9.84 Å². The van der Waals surface area contributed by atoms with Crippen LogP contribution in [-0.2, 0) is 9.84 Å². The van der Waals surface area contributed by atoms with E-state index in [1.807, 2.05) is 11.5 Å². The van der Waals surface area contributed by atoms with Gasteiger partial charge in [0.05, 0.1) is 20.8 Å². The van der Waals surface area contributed by atoms with Gasteiger partial charge in [-0.05, 0) is 29.5 Å². The van der Waals surface area contributed by atoms with Gasteiger partial charge in [-0.2, -0.15) is 5.26 Å². The molecule has 8 heteroatoms. The van der Waals surface area contributed by atoms with Crippen LogP contribution in [0.5, 0.6) is 0 Å². The molecule has 0 aliphatic carbocycles. The number of nitriles is 1. The highest BCUT2D eigenvalue weighted by molar-refractivity contribution is 8.04. The van der Waals surface area contributed by atoms with Crippen molar-refractivity contribution in [2.24, 2.45) is 0 Å². The average molecular weight is 348 g/mol. The van der Waals surface area contributed by atoms with Crippen molar-refractivity contribution in [3.63, 3.8) is 0 Å². The summed E-state index contributed by atoms with van der Waals surface area (Å²) in [5.41, 5.74) is 0.569. The molecule has 1 atom stereocenters. The standard InChI is InChI=1S/C15H12N2O4S2/c16-11-22-15(12-4-2-1-3-5-12)10-23(20,21)14-8-6-13(7-9-14)17(18)19/h1-9,15H,10H2/t15-/m1/s1. The Bertz CT molecular complexity index is 828. The zero-order valence-electron chi connectivity index (χ0n) is 11.8. The molecule has 2 aromatic carbocycles. The summed E-state index contributed by atoms with van der Waals surface area (Å²) in [5.74, 6) is -0.257. The molecule has 0 spiro atoms. The van der Waals surface area contributed by atoms with Crippen LogP contribution in [0.4, 0.5) is 5.69 Å². The first-order valence-corrected chi connectivity index (χ1v) is 9.04. The summed E-state index contributed by atoms with van der Waals surface area (Å²) in [6, 6.07) is 13.6. The highest BCUT2D eigenvalue weighted by Crippen LogP contribution is 2.31. The lowest BCUT2D eigenvalue weighted by Crippen LogP contribution is -2.13. The number of nitrogens with zero attached hydrogens (tertiary/aromatic N) is 2. The van der Waals surface area contributed by atoms with Crippen molar-refractivity contribution >= 4 is 27.3 Å². The number of non-ortho nitro benzene ring substituents is 1. The number of nitro benzene ring substituents is 1. The number of sulfone groups is 1. The summed E-state index contributed by atoms with van der Waals surface area (Å²) in [7, 11) is -3.67. The molecule has 0 aliphatic rings. The maximum Gasteiger partial charge on any atom is 0.269 e. The van der Waals surface area contributed by atoms with E-state index in [0.29, 0.717) is 0 Å². The number of hydrogen-bond acceptors (Lipinski definition) is 6. The van der Waals surface area contributed by atoms with Gasteiger partial charge in [0.2, 0.25) is 0 Å². The molecule has 2 aromatic rings. The van der Waals surface area contributed by atoms with Crippen molar-refractivity contribution in [2.75, 3.05) is 5.75 Å². The van der Waals surface area contributed by atoms with E-state index in [2.05, 4.69) is 0 Å². The number of rotatable bonds is 6. The lowest BCUT2D eigenvalue weighted by Gasteiger charge is -2.13. The smallest absolute Gasteiger partial charge is 0.258 e. The fourth-order valence-corrected chi connectivity index (χ4v) is 4.56. The second-order valence-corrected chi connectivity index (χ2v) is 7.66. The Morgan fingerprint density at radius 1 is 1.13 bits per heavy atom. The van der Waals surface area contributed by atoms with E-state index in [4.69, 9.17) is 5.26 Å². The van der Waals surface area contributed by atoms with Crippen molar-refractivity contribution in [1.82, 2.24) is 0 Å². The molecule has 0 unspecified atom stereocenters. The summed E-state index contributed by atoms with van der Waals surface area (Å²) < 4.78 is 25.0. The monoisotopic (exact) mass is 348 g/mol. The van der Waals surface area contributed by atoms with E-state index in [-0.39, 0.29) is 16.3 Å².